The van der Waals surface area contributed by atoms with Crippen molar-refractivity contribution in [1.82, 2.24) is 4.98 Å². The second-order valence-electron chi connectivity index (χ2n) is 5.05. The van der Waals surface area contributed by atoms with Crippen molar-refractivity contribution < 1.29 is 5.11 Å². The van der Waals surface area contributed by atoms with Gasteiger partial charge >= 0.3 is 0 Å². The van der Waals surface area contributed by atoms with Crippen molar-refractivity contribution >= 4 is 16.6 Å². The number of aliphatic hydroxyl groups excluding tert-OH is 1. The SMILES string of the molecule is CC(C)(CO)CNc1cccc2ncccc12. The summed E-state index contributed by atoms with van der Waals surface area (Å²) in [6, 6.07) is 10.0. The first-order chi connectivity index (χ1) is 8.12. The highest BCUT2D eigenvalue weighted by atomic mass is 16.3. The Bertz CT molecular complexity index is 503. The summed E-state index contributed by atoms with van der Waals surface area (Å²) >= 11 is 0. The first-order valence-corrected chi connectivity index (χ1v) is 5.81. The van der Waals surface area contributed by atoms with Crippen LogP contribution in [0.1, 0.15) is 13.8 Å². The summed E-state index contributed by atoms with van der Waals surface area (Å²) in [6.07, 6.45) is 1.80. The van der Waals surface area contributed by atoms with Gasteiger partial charge in [0.2, 0.25) is 0 Å². The Morgan fingerprint density at radius 2 is 2.06 bits per heavy atom. The lowest BCUT2D eigenvalue weighted by Gasteiger charge is -2.23. The van der Waals surface area contributed by atoms with Crippen LogP contribution < -0.4 is 5.32 Å². The van der Waals surface area contributed by atoms with Crippen LogP contribution in [-0.2, 0) is 0 Å². The molecule has 0 unspecified atom stereocenters. The molecule has 3 heteroatoms. The fraction of sp³-hybridized carbons (Fsp3) is 0.357. The lowest BCUT2D eigenvalue weighted by Crippen LogP contribution is -2.26. The summed E-state index contributed by atoms with van der Waals surface area (Å²) in [4.78, 5) is 4.32. The zero-order valence-electron chi connectivity index (χ0n) is 10.3. The average molecular weight is 230 g/mol. The Hall–Kier alpha value is -1.61. The van der Waals surface area contributed by atoms with Gasteiger partial charge in [-0.3, -0.25) is 4.98 Å². The number of hydrogen-bond acceptors (Lipinski definition) is 3. The van der Waals surface area contributed by atoms with E-state index in [9.17, 15) is 5.11 Å². The van der Waals surface area contributed by atoms with E-state index in [0.29, 0.717) is 0 Å². The molecule has 2 rings (SSSR count). The van der Waals surface area contributed by atoms with Crippen molar-refractivity contribution in [3.63, 3.8) is 0 Å². The summed E-state index contributed by atoms with van der Waals surface area (Å²) < 4.78 is 0. The molecule has 3 nitrogen and oxygen atoms in total. The van der Waals surface area contributed by atoms with Crippen molar-refractivity contribution in [2.45, 2.75) is 13.8 Å². The van der Waals surface area contributed by atoms with E-state index in [-0.39, 0.29) is 12.0 Å². The quantitative estimate of drug-likeness (QED) is 0.848. The second-order valence-corrected chi connectivity index (χ2v) is 5.05. The number of pyridine rings is 1. The smallest absolute Gasteiger partial charge is 0.0722 e. The minimum absolute atomic E-state index is 0.121. The largest absolute Gasteiger partial charge is 0.396 e. The molecular weight excluding hydrogens is 212 g/mol. The van der Waals surface area contributed by atoms with Gasteiger partial charge in [-0.1, -0.05) is 19.9 Å². The van der Waals surface area contributed by atoms with Crippen LogP contribution in [0.15, 0.2) is 36.5 Å². The van der Waals surface area contributed by atoms with Gasteiger partial charge in [0.15, 0.2) is 0 Å². The highest BCUT2D eigenvalue weighted by molar-refractivity contribution is 5.91. The summed E-state index contributed by atoms with van der Waals surface area (Å²) in [6.45, 7) is 4.97. The van der Waals surface area contributed by atoms with Gasteiger partial charge in [0, 0.05) is 35.8 Å². The van der Waals surface area contributed by atoms with E-state index in [4.69, 9.17) is 0 Å². The summed E-state index contributed by atoms with van der Waals surface area (Å²) in [5.41, 5.74) is 1.93. The monoisotopic (exact) mass is 230 g/mol. The molecule has 0 radical (unpaired) electrons. The maximum absolute atomic E-state index is 9.23. The molecule has 0 amide bonds. The third-order valence-electron chi connectivity index (χ3n) is 2.83. The molecule has 0 bridgehead atoms. The minimum Gasteiger partial charge on any atom is -0.396 e. The van der Waals surface area contributed by atoms with Crippen LogP contribution in [0.5, 0.6) is 0 Å². The van der Waals surface area contributed by atoms with Gasteiger partial charge < -0.3 is 10.4 Å². The third-order valence-corrected chi connectivity index (χ3v) is 2.83. The van der Waals surface area contributed by atoms with E-state index in [1.807, 2.05) is 38.1 Å². The molecule has 0 saturated heterocycles. The molecule has 1 aromatic heterocycles. The van der Waals surface area contributed by atoms with Gasteiger partial charge in [-0.2, -0.15) is 0 Å². The second kappa shape index (κ2) is 4.72. The van der Waals surface area contributed by atoms with E-state index in [2.05, 4.69) is 16.4 Å². The number of hydrogen-bond donors (Lipinski definition) is 2. The van der Waals surface area contributed by atoms with Crippen LogP contribution in [-0.4, -0.2) is 23.2 Å². The lowest BCUT2D eigenvalue weighted by molar-refractivity contribution is 0.171. The van der Waals surface area contributed by atoms with Crippen LogP contribution in [0, 0.1) is 5.41 Å². The van der Waals surface area contributed by atoms with E-state index < -0.39 is 0 Å². The Morgan fingerprint density at radius 3 is 2.82 bits per heavy atom. The number of fused-ring (bicyclic) bond motifs is 1. The molecular formula is C14H18N2O. The predicted molar refractivity (Wildman–Crippen MR) is 71.1 cm³/mol. The zero-order valence-corrected chi connectivity index (χ0v) is 10.3. The molecule has 2 aromatic rings. The highest BCUT2D eigenvalue weighted by Gasteiger charge is 2.16. The average Bonchev–Trinajstić information content (AvgIpc) is 2.36. The van der Waals surface area contributed by atoms with Crippen molar-refractivity contribution in [3.05, 3.63) is 36.5 Å². The number of anilines is 1. The number of rotatable bonds is 4. The van der Waals surface area contributed by atoms with Gasteiger partial charge in [-0.05, 0) is 24.3 Å². The topological polar surface area (TPSA) is 45.1 Å². The van der Waals surface area contributed by atoms with Crippen LogP contribution in [0.4, 0.5) is 5.69 Å². The Balaban J connectivity index is 2.24. The van der Waals surface area contributed by atoms with E-state index in [1.165, 1.54) is 0 Å². The normalized spacial score (nSPS) is 11.7. The van der Waals surface area contributed by atoms with Gasteiger partial charge in [0.1, 0.15) is 0 Å². The molecule has 0 atom stereocenters. The van der Waals surface area contributed by atoms with Crippen LogP contribution in [0.25, 0.3) is 10.9 Å². The number of aromatic nitrogens is 1. The molecule has 2 N–H and O–H groups in total. The van der Waals surface area contributed by atoms with Crippen LogP contribution in [0.2, 0.25) is 0 Å². The van der Waals surface area contributed by atoms with E-state index >= 15 is 0 Å². The Labute approximate surface area is 102 Å². The van der Waals surface area contributed by atoms with Gasteiger partial charge in [-0.15, -0.1) is 0 Å². The third kappa shape index (κ3) is 2.74. The highest BCUT2D eigenvalue weighted by Crippen LogP contribution is 2.23. The summed E-state index contributed by atoms with van der Waals surface area (Å²) in [7, 11) is 0. The molecule has 0 fully saturated rings. The zero-order chi connectivity index (χ0) is 12.3. The standard InChI is InChI=1S/C14H18N2O/c1-14(2,10-17)9-16-13-7-3-6-12-11(13)5-4-8-15-12/h3-8,16-17H,9-10H2,1-2H3. The summed E-state index contributed by atoms with van der Waals surface area (Å²) in [5.74, 6) is 0. The minimum atomic E-state index is -0.121. The molecule has 0 spiro atoms. The molecule has 17 heavy (non-hydrogen) atoms. The van der Waals surface area contributed by atoms with Crippen molar-refractivity contribution in [2.24, 2.45) is 5.41 Å². The number of nitrogens with one attached hydrogen (secondary N) is 1. The maximum atomic E-state index is 9.23. The molecule has 0 aliphatic carbocycles. The number of benzene rings is 1. The predicted octanol–water partition coefficient (Wildman–Crippen LogP) is 2.67. The van der Waals surface area contributed by atoms with Crippen molar-refractivity contribution in [1.29, 1.82) is 0 Å². The molecule has 0 aliphatic rings. The molecule has 0 saturated carbocycles. The van der Waals surface area contributed by atoms with E-state index in [0.717, 1.165) is 23.1 Å². The fourth-order valence-corrected chi connectivity index (χ4v) is 1.65. The van der Waals surface area contributed by atoms with Crippen LogP contribution in [0.3, 0.4) is 0 Å². The molecule has 0 aliphatic heterocycles. The van der Waals surface area contributed by atoms with Gasteiger partial charge in [0.05, 0.1) is 5.52 Å². The number of nitrogens with zero attached hydrogens (tertiary/aromatic N) is 1. The lowest BCUT2D eigenvalue weighted by atomic mass is 9.95. The van der Waals surface area contributed by atoms with E-state index in [1.54, 1.807) is 6.20 Å². The molecule has 90 valence electrons. The molecule has 1 aromatic carbocycles. The maximum Gasteiger partial charge on any atom is 0.0722 e. The van der Waals surface area contributed by atoms with Gasteiger partial charge in [0.25, 0.3) is 0 Å². The fourth-order valence-electron chi connectivity index (χ4n) is 1.65. The Morgan fingerprint density at radius 1 is 1.24 bits per heavy atom. The molecule has 1 heterocycles. The van der Waals surface area contributed by atoms with Gasteiger partial charge in [-0.25, -0.2) is 0 Å². The summed E-state index contributed by atoms with van der Waals surface area (Å²) in [5, 5.41) is 13.7. The van der Waals surface area contributed by atoms with Crippen molar-refractivity contribution in [2.75, 3.05) is 18.5 Å². The number of aliphatic hydroxyl groups is 1. The Kier molecular flexibility index (Phi) is 3.29. The first kappa shape index (κ1) is 11.9. The van der Waals surface area contributed by atoms with Crippen molar-refractivity contribution in [3.8, 4) is 0 Å². The van der Waals surface area contributed by atoms with Crippen LogP contribution >= 0.6 is 0 Å². The first-order valence-electron chi connectivity index (χ1n) is 5.81.